The fourth-order valence-electron chi connectivity index (χ4n) is 5.37. The molecule has 0 spiro atoms. The van der Waals surface area contributed by atoms with E-state index in [0.29, 0.717) is 17.9 Å². The van der Waals surface area contributed by atoms with Crippen LogP contribution in [0.1, 0.15) is 69.2 Å². The molecule has 1 unspecified atom stereocenters. The Morgan fingerprint density at radius 3 is 2.52 bits per heavy atom. The van der Waals surface area contributed by atoms with E-state index in [2.05, 4.69) is 21.4 Å². The molecule has 156 valence electrons. The highest BCUT2D eigenvalue weighted by Gasteiger charge is 2.34. The standard InChI is InChI=1S/C23H31FN4O/c1-26-12-3-2-7-21(26)23(29)27-13-10-18(11-14-27)28-20-9-8-17(24)15-19(20)25-22(28)16-5-4-6-16/h8-9,15-16,18,21H,2-7,10-14H2,1H3. The molecule has 1 aromatic heterocycles. The predicted octanol–water partition coefficient (Wildman–Crippen LogP) is 4.09. The largest absolute Gasteiger partial charge is 0.341 e. The van der Waals surface area contributed by atoms with E-state index in [9.17, 15) is 9.18 Å². The lowest BCUT2D eigenvalue weighted by Crippen LogP contribution is -2.51. The minimum Gasteiger partial charge on any atom is -0.341 e. The molecule has 3 heterocycles. The number of aromatic nitrogens is 2. The molecular formula is C23H31FN4O. The molecule has 1 amide bonds. The second-order valence-corrected chi connectivity index (χ2v) is 9.15. The maximum absolute atomic E-state index is 13.8. The van der Waals surface area contributed by atoms with Gasteiger partial charge in [0.1, 0.15) is 11.6 Å². The van der Waals surface area contributed by atoms with E-state index in [0.717, 1.165) is 62.2 Å². The van der Waals surface area contributed by atoms with Crippen LogP contribution in [0.2, 0.25) is 0 Å². The number of hydrogen-bond acceptors (Lipinski definition) is 3. The molecule has 2 aromatic rings. The van der Waals surface area contributed by atoms with Crippen LogP contribution in [-0.4, -0.2) is 58.0 Å². The average Bonchev–Trinajstić information content (AvgIpc) is 3.04. The summed E-state index contributed by atoms with van der Waals surface area (Å²) in [6.07, 6.45) is 8.84. The van der Waals surface area contributed by atoms with Crippen LogP contribution in [0.5, 0.6) is 0 Å². The zero-order valence-corrected chi connectivity index (χ0v) is 17.3. The van der Waals surface area contributed by atoms with Crippen molar-refractivity contribution in [1.82, 2.24) is 19.4 Å². The Hall–Kier alpha value is -1.95. The van der Waals surface area contributed by atoms with Crippen molar-refractivity contribution in [3.63, 3.8) is 0 Å². The van der Waals surface area contributed by atoms with E-state index in [1.54, 1.807) is 12.1 Å². The van der Waals surface area contributed by atoms with Gasteiger partial charge in [-0.25, -0.2) is 9.37 Å². The number of imidazole rings is 1. The van der Waals surface area contributed by atoms with Crippen molar-refractivity contribution in [2.45, 2.75) is 69.4 Å². The SMILES string of the molecule is CN1CCCCC1C(=O)N1CCC(n2c(C3CCC3)nc3cc(F)ccc32)CC1. The number of likely N-dealkylation sites (N-methyl/N-ethyl adjacent to an activating group) is 1. The first kappa shape index (κ1) is 19.0. The summed E-state index contributed by atoms with van der Waals surface area (Å²) in [5.41, 5.74) is 1.82. The summed E-state index contributed by atoms with van der Waals surface area (Å²) in [4.78, 5) is 22.2. The van der Waals surface area contributed by atoms with E-state index in [1.807, 2.05) is 6.07 Å². The normalized spacial score (nSPS) is 24.8. The molecule has 0 radical (unpaired) electrons. The van der Waals surface area contributed by atoms with Crippen LogP contribution in [0, 0.1) is 5.82 Å². The second kappa shape index (κ2) is 7.71. The van der Waals surface area contributed by atoms with Gasteiger partial charge in [0.05, 0.1) is 17.1 Å². The lowest BCUT2D eigenvalue weighted by Gasteiger charge is -2.39. The third-order valence-electron chi connectivity index (χ3n) is 7.35. The van der Waals surface area contributed by atoms with Crippen molar-refractivity contribution in [1.29, 1.82) is 0 Å². The summed E-state index contributed by atoms with van der Waals surface area (Å²) in [5, 5.41) is 0. The lowest BCUT2D eigenvalue weighted by atomic mass is 9.84. The number of benzene rings is 1. The Labute approximate surface area is 171 Å². The van der Waals surface area contributed by atoms with E-state index in [4.69, 9.17) is 4.98 Å². The van der Waals surface area contributed by atoms with Gasteiger partial charge in [0.25, 0.3) is 0 Å². The van der Waals surface area contributed by atoms with Crippen molar-refractivity contribution in [2.24, 2.45) is 0 Å². The van der Waals surface area contributed by atoms with Gasteiger partial charge in [-0.1, -0.05) is 12.8 Å². The van der Waals surface area contributed by atoms with Gasteiger partial charge in [-0.05, 0) is 64.3 Å². The van der Waals surface area contributed by atoms with Gasteiger partial charge in [-0.15, -0.1) is 0 Å². The third-order valence-corrected chi connectivity index (χ3v) is 7.35. The van der Waals surface area contributed by atoms with Crippen LogP contribution in [-0.2, 0) is 4.79 Å². The lowest BCUT2D eigenvalue weighted by molar-refractivity contribution is -0.139. The number of halogens is 1. The number of carbonyl (C=O) groups excluding carboxylic acids is 1. The molecule has 3 fully saturated rings. The van der Waals surface area contributed by atoms with E-state index in [-0.39, 0.29) is 11.9 Å². The molecule has 6 heteroatoms. The summed E-state index contributed by atoms with van der Waals surface area (Å²) >= 11 is 0. The minimum absolute atomic E-state index is 0.0582. The topological polar surface area (TPSA) is 41.4 Å². The molecule has 2 saturated heterocycles. The third kappa shape index (κ3) is 3.45. The van der Waals surface area contributed by atoms with E-state index < -0.39 is 0 Å². The van der Waals surface area contributed by atoms with Crippen molar-refractivity contribution < 1.29 is 9.18 Å². The maximum atomic E-state index is 13.8. The Morgan fingerprint density at radius 2 is 1.83 bits per heavy atom. The van der Waals surface area contributed by atoms with E-state index >= 15 is 0 Å². The van der Waals surface area contributed by atoms with Crippen LogP contribution in [0.25, 0.3) is 11.0 Å². The number of amides is 1. The van der Waals surface area contributed by atoms with Crippen molar-refractivity contribution in [3.8, 4) is 0 Å². The average molecular weight is 399 g/mol. The van der Waals surface area contributed by atoms with Gasteiger partial charge in [-0.2, -0.15) is 0 Å². The number of carbonyl (C=O) groups is 1. The smallest absolute Gasteiger partial charge is 0.239 e. The predicted molar refractivity (Wildman–Crippen MR) is 111 cm³/mol. The van der Waals surface area contributed by atoms with Crippen LogP contribution in [0.15, 0.2) is 18.2 Å². The Bertz CT molecular complexity index is 898. The van der Waals surface area contributed by atoms with Crippen LogP contribution in [0.3, 0.4) is 0 Å². The van der Waals surface area contributed by atoms with Gasteiger partial charge in [0.2, 0.25) is 5.91 Å². The Kier molecular flexibility index (Phi) is 5.06. The van der Waals surface area contributed by atoms with Gasteiger partial charge in [0.15, 0.2) is 0 Å². The molecular weight excluding hydrogens is 367 g/mol. The first-order chi connectivity index (χ1) is 14.1. The Balaban J connectivity index is 1.35. The Morgan fingerprint density at radius 1 is 1.03 bits per heavy atom. The van der Waals surface area contributed by atoms with Crippen LogP contribution in [0.4, 0.5) is 4.39 Å². The zero-order chi connectivity index (χ0) is 20.0. The molecule has 1 aliphatic carbocycles. The van der Waals surface area contributed by atoms with Crippen molar-refractivity contribution in [2.75, 3.05) is 26.7 Å². The number of hydrogen-bond donors (Lipinski definition) is 0. The number of likely N-dealkylation sites (tertiary alicyclic amines) is 2. The second-order valence-electron chi connectivity index (χ2n) is 9.15. The fourth-order valence-corrected chi connectivity index (χ4v) is 5.37. The van der Waals surface area contributed by atoms with Gasteiger partial charge >= 0.3 is 0 Å². The quantitative estimate of drug-likeness (QED) is 0.782. The molecule has 5 rings (SSSR count). The summed E-state index contributed by atoms with van der Waals surface area (Å²) < 4.78 is 16.1. The van der Waals surface area contributed by atoms with Gasteiger partial charge < -0.3 is 9.47 Å². The highest BCUT2D eigenvalue weighted by molar-refractivity contribution is 5.82. The van der Waals surface area contributed by atoms with Crippen LogP contribution >= 0.6 is 0 Å². The molecule has 2 aliphatic heterocycles. The zero-order valence-electron chi connectivity index (χ0n) is 17.3. The first-order valence-corrected chi connectivity index (χ1v) is 11.3. The fraction of sp³-hybridized carbons (Fsp3) is 0.652. The highest BCUT2D eigenvalue weighted by atomic mass is 19.1. The number of fused-ring (bicyclic) bond motifs is 1. The van der Waals surface area contributed by atoms with Gasteiger partial charge in [0, 0.05) is 31.1 Å². The molecule has 1 aromatic carbocycles. The van der Waals surface area contributed by atoms with Crippen molar-refractivity contribution >= 4 is 16.9 Å². The van der Waals surface area contributed by atoms with Crippen LogP contribution < -0.4 is 0 Å². The summed E-state index contributed by atoms with van der Waals surface area (Å²) in [6.45, 7) is 2.63. The summed E-state index contributed by atoms with van der Waals surface area (Å²) in [7, 11) is 2.08. The number of nitrogens with zero attached hydrogens (tertiary/aromatic N) is 4. The maximum Gasteiger partial charge on any atom is 0.239 e. The van der Waals surface area contributed by atoms with Gasteiger partial charge in [-0.3, -0.25) is 9.69 Å². The highest BCUT2D eigenvalue weighted by Crippen LogP contribution is 2.40. The molecule has 3 aliphatic rings. The molecule has 0 bridgehead atoms. The summed E-state index contributed by atoms with van der Waals surface area (Å²) in [5.74, 6) is 1.72. The first-order valence-electron chi connectivity index (χ1n) is 11.3. The monoisotopic (exact) mass is 398 g/mol. The van der Waals surface area contributed by atoms with Crippen molar-refractivity contribution in [3.05, 3.63) is 29.8 Å². The molecule has 1 saturated carbocycles. The molecule has 5 nitrogen and oxygen atoms in total. The minimum atomic E-state index is -0.223. The summed E-state index contributed by atoms with van der Waals surface area (Å²) in [6, 6.07) is 5.39. The molecule has 0 N–H and O–H groups in total. The van der Waals surface area contributed by atoms with E-state index in [1.165, 1.54) is 25.7 Å². The molecule has 1 atom stereocenters. The number of piperidine rings is 2. The molecule has 29 heavy (non-hydrogen) atoms. The number of rotatable bonds is 3.